The summed E-state index contributed by atoms with van der Waals surface area (Å²) >= 11 is 4.43. The first-order chi connectivity index (χ1) is 20.3. The summed E-state index contributed by atoms with van der Waals surface area (Å²) in [6.07, 6.45) is 1.27. The van der Waals surface area contributed by atoms with Crippen molar-refractivity contribution in [3.05, 3.63) is 70.8 Å². The molecule has 0 radical (unpaired) electrons. The number of aliphatic carboxylic acids is 2. The molecule has 1 heterocycles. The number of hydrogen-bond acceptors (Lipinski definition) is 7. The lowest BCUT2D eigenvalue weighted by Crippen LogP contribution is -2.32. The minimum absolute atomic E-state index is 0.105. The number of ether oxygens (including phenoxy) is 1. The van der Waals surface area contributed by atoms with Crippen LogP contribution >= 0.6 is 12.6 Å². The van der Waals surface area contributed by atoms with Crippen molar-refractivity contribution in [1.82, 2.24) is 14.9 Å². The van der Waals surface area contributed by atoms with Gasteiger partial charge in [0, 0.05) is 5.56 Å². The second kappa shape index (κ2) is 16.3. The topological polar surface area (TPSA) is 168 Å². The number of carboxylic acid groups (broad SMARTS) is 3. The number of carbonyl (C=O) groups excluding carboxylic acids is 1. The van der Waals surface area contributed by atoms with Crippen LogP contribution in [-0.4, -0.2) is 60.5 Å². The van der Waals surface area contributed by atoms with Gasteiger partial charge in [0.05, 0.1) is 41.9 Å². The molecular weight excluding hydrogens is 581 g/mol. The number of imidazole rings is 1. The third-order valence-electron chi connectivity index (χ3n) is 6.19. The fourth-order valence-electron chi connectivity index (χ4n) is 4.17. The van der Waals surface area contributed by atoms with Gasteiger partial charge >= 0.3 is 17.9 Å². The maximum Gasteiger partial charge on any atom is 0.414 e. The number of nitrogens with zero attached hydrogens (tertiary/aromatic N) is 2. The minimum Gasteiger partial charge on any atom is -0.478 e. The van der Waals surface area contributed by atoms with Crippen LogP contribution in [0.15, 0.2) is 42.5 Å². The fourth-order valence-corrected chi connectivity index (χ4v) is 4.68. The number of hydrogen-bond donors (Lipinski definition) is 5. The van der Waals surface area contributed by atoms with Crippen molar-refractivity contribution in [1.29, 1.82) is 0 Å². The van der Waals surface area contributed by atoms with Gasteiger partial charge in [-0.3, -0.25) is 9.36 Å². The summed E-state index contributed by atoms with van der Waals surface area (Å²) in [6, 6.07) is 11.5. The summed E-state index contributed by atoms with van der Waals surface area (Å²) in [5.74, 6) is -5.03. The Morgan fingerprint density at radius 2 is 1.70 bits per heavy atom. The van der Waals surface area contributed by atoms with E-state index in [0.29, 0.717) is 48.1 Å². The normalized spacial score (nSPS) is 11.3. The molecule has 2 aromatic carbocycles. The van der Waals surface area contributed by atoms with Crippen LogP contribution in [0.2, 0.25) is 0 Å². The van der Waals surface area contributed by atoms with E-state index in [0.717, 1.165) is 11.4 Å². The van der Waals surface area contributed by atoms with Crippen LogP contribution in [0, 0.1) is 11.7 Å². The first kappa shape index (κ1) is 34.8. The van der Waals surface area contributed by atoms with Gasteiger partial charge in [-0.05, 0) is 48.9 Å². The molecule has 1 atom stereocenters. The summed E-state index contributed by atoms with van der Waals surface area (Å²) in [5, 5.41) is 26.8. The SMILES string of the molecule is CCOc1nc(CC)c(CNC(=O)[C@@H](S)CC(C)C)n1Cc1ccc(-c2ccccc2C(=O)O)cc1F.O=C(O)C(=O)O. The average Bonchev–Trinajstić information content (AvgIpc) is 3.28. The van der Waals surface area contributed by atoms with E-state index in [4.69, 9.17) is 24.5 Å². The maximum atomic E-state index is 15.3. The van der Waals surface area contributed by atoms with Gasteiger partial charge in [-0.1, -0.05) is 51.1 Å². The molecule has 3 rings (SSSR count). The second-order valence-electron chi connectivity index (χ2n) is 9.79. The number of nitrogens with one attached hydrogen (secondary N) is 1. The molecule has 1 aromatic heterocycles. The molecule has 43 heavy (non-hydrogen) atoms. The van der Waals surface area contributed by atoms with Crippen LogP contribution in [0.5, 0.6) is 6.01 Å². The number of amides is 1. The monoisotopic (exact) mass is 617 g/mol. The smallest absolute Gasteiger partial charge is 0.414 e. The highest BCUT2D eigenvalue weighted by Gasteiger charge is 2.22. The van der Waals surface area contributed by atoms with E-state index < -0.39 is 29.0 Å². The Hall–Kier alpha value is -4.39. The molecule has 4 N–H and O–H groups in total. The number of halogens is 1. The van der Waals surface area contributed by atoms with E-state index in [2.05, 4.69) is 22.9 Å². The number of rotatable bonds is 12. The van der Waals surface area contributed by atoms with Crippen LogP contribution in [0.1, 0.15) is 61.4 Å². The number of carboxylic acids is 3. The molecule has 0 aliphatic rings. The molecule has 0 fully saturated rings. The zero-order valence-corrected chi connectivity index (χ0v) is 25.2. The third kappa shape index (κ3) is 9.84. The summed E-state index contributed by atoms with van der Waals surface area (Å²) < 4.78 is 22.9. The Balaban J connectivity index is 0.000000973. The molecule has 0 saturated carbocycles. The summed E-state index contributed by atoms with van der Waals surface area (Å²) in [6.45, 7) is 8.61. The molecule has 0 unspecified atom stereocenters. The maximum absolute atomic E-state index is 15.3. The zero-order chi connectivity index (χ0) is 32.3. The summed E-state index contributed by atoms with van der Waals surface area (Å²) in [7, 11) is 0. The molecule has 3 aromatic rings. The molecule has 0 saturated heterocycles. The molecule has 1 amide bonds. The molecule has 232 valence electrons. The number of aryl methyl sites for hydroxylation is 1. The van der Waals surface area contributed by atoms with E-state index in [9.17, 15) is 14.7 Å². The number of aromatic carboxylic acids is 1. The lowest BCUT2D eigenvalue weighted by molar-refractivity contribution is -0.159. The molecular formula is C30H36FN3O8S. The number of aromatic nitrogens is 2. The van der Waals surface area contributed by atoms with Gasteiger partial charge < -0.3 is 25.4 Å². The van der Waals surface area contributed by atoms with Crippen LogP contribution < -0.4 is 10.1 Å². The molecule has 0 aliphatic carbocycles. The van der Waals surface area contributed by atoms with Gasteiger partial charge in [0.15, 0.2) is 0 Å². The Morgan fingerprint density at radius 1 is 1.05 bits per heavy atom. The van der Waals surface area contributed by atoms with Crippen molar-refractivity contribution in [3.63, 3.8) is 0 Å². The van der Waals surface area contributed by atoms with E-state index >= 15 is 4.39 Å². The van der Waals surface area contributed by atoms with Crippen LogP contribution in [-0.2, 0) is 33.9 Å². The molecule has 11 nitrogen and oxygen atoms in total. The molecule has 0 aliphatic heterocycles. The predicted molar refractivity (Wildman–Crippen MR) is 160 cm³/mol. The minimum atomic E-state index is -1.82. The van der Waals surface area contributed by atoms with Crippen molar-refractivity contribution < 1.29 is 43.6 Å². The highest BCUT2D eigenvalue weighted by atomic mass is 32.1. The van der Waals surface area contributed by atoms with Crippen LogP contribution in [0.3, 0.4) is 0 Å². The van der Waals surface area contributed by atoms with Crippen molar-refractivity contribution >= 4 is 36.4 Å². The van der Waals surface area contributed by atoms with Crippen LogP contribution in [0.4, 0.5) is 4.39 Å². The number of thiol groups is 1. The van der Waals surface area contributed by atoms with Crippen molar-refractivity contribution in [2.75, 3.05) is 6.61 Å². The standard InChI is InChI=1S/C28H34FN3O4S.C2H2O4/c1-5-23-24(15-30-26(33)25(37)13-17(3)4)32(28(31-23)36-6-2)16-19-12-11-18(14-22(19)29)20-9-7-8-10-21(20)27(34)35;3-1(4)2(5)6/h7-12,14,17,25,37H,5-6,13,15-16H2,1-4H3,(H,30,33)(H,34,35);(H,3,4)(H,5,6)/t25-;/m0./s1. The number of carbonyl (C=O) groups is 4. The van der Waals surface area contributed by atoms with Gasteiger partial charge in [-0.15, -0.1) is 0 Å². The third-order valence-corrected chi connectivity index (χ3v) is 6.63. The Bertz CT molecular complexity index is 1450. The van der Waals surface area contributed by atoms with Crippen molar-refractivity contribution in [2.24, 2.45) is 5.92 Å². The average molecular weight is 618 g/mol. The quantitative estimate of drug-likeness (QED) is 0.145. The summed E-state index contributed by atoms with van der Waals surface area (Å²) in [5.41, 5.74) is 2.91. The Morgan fingerprint density at radius 3 is 2.23 bits per heavy atom. The molecule has 0 bridgehead atoms. The molecule has 13 heteroatoms. The highest BCUT2D eigenvalue weighted by Crippen LogP contribution is 2.28. The van der Waals surface area contributed by atoms with Gasteiger partial charge in [0.1, 0.15) is 5.82 Å². The van der Waals surface area contributed by atoms with E-state index in [-0.39, 0.29) is 24.6 Å². The fraction of sp³-hybridized carbons (Fsp3) is 0.367. The highest BCUT2D eigenvalue weighted by molar-refractivity contribution is 7.81. The molecule has 0 spiro atoms. The number of benzene rings is 2. The van der Waals surface area contributed by atoms with Gasteiger partial charge in [-0.2, -0.15) is 17.6 Å². The van der Waals surface area contributed by atoms with Crippen molar-refractivity contribution in [2.45, 2.75) is 58.9 Å². The van der Waals surface area contributed by atoms with Gasteiger partial charge in [-0.25, -0.2) is 18.8 Å². The second-order valence-corrected chi connectivity index (χ2v) is 10.4. The van der Waals surface area contributed by atoms with E-state index in [1.54, 1.807) is 34.9 Å². The largest absolute Gasteiger partial charge is 0.478 e. The lowest BCUT2D eigenvalue weighted by Gasteiger charge is -2.16. The van der Waals surface area contributed by atoms with Gasteiger partial charge in [0.2, 0.25) is 5.91 Å². The summed E-state index contributed by atoms with van der Waals surface area (Å²) in [4.78, 5) is 47.0. The van der Waals surface area contributed by atoms with Crippen molar-refractivity contribution in [3.8, 4) is 17.1 Å². The Labute approximate surface area is 254 Å². The van der Waals surface area contributed by atoms with Gasteiger partial charge in [0.25, 0.3) is 6.01 Å². The first-order valence-electron chi connectivity index (χ1n) is 13.5. The first-order valence-corrected chi connectivity index (χ1v) is 14.1. The lowest BCUT2D eigenvalue weighted by atomic mass is 9.98. The van der Waals surface area contributed by atoms with E-state index in [1.807, 2.05) is 27.7 Å². The Kier molecular flexibility index (Phi) is 13.2. The zero-order valence-electron chi connectivity index (χ0n) is 24.3. The van der Waals surface area contributed by atoms with E-state index in [1.165, 1.54) is 12.1 Å². The van der Waals surface area contributed by atoms with Crippen LogP contribution in [0.25, 0.3) is 11.1 Å². The predicted octanol–water partition coefficient (Wildman–Crippen LogP) is 4.51.